The molecule has 0 saturated heterocycles. The molecule has 2 aromatic rings. The van der Waals surface area contributed by atoms with Crippen LogP contribution in [-0.4, -0.2) is 27.4 Å². The third-order valence-corrected chi connectivity index (χ3v) is 3.91. The maximum Gasteiger partial charge on any atom is 0.119 e. The van der Waals surface area contributed by atoms with Gasteiger partial charge in [0.15, 0.2) is 0 Å². The fourth-order valence-electron chi connectivity index (χ4n) is 2.61. The Bertz CT molecular complexity index is 630. The van der Waals surface area contributed by atoms with Crippen LogP contribution in [0.15, 0.2) is 60.2 Å². The van der Waals surface area contributed by atoms with E-state index in [4.69, 9.17) is 14.2 Å². The summed E-state index contributed by atoms with van der Waals surface area (Å²) in [5.74, 6) is 0.858. The molecule has 0 radical (unpaired) electrons. The van der Waals surface area contributed by atoms with Crippen molar-refractivity contribution in [3.8, 4) is 5.75 Å². The Hall–Kier alpha value is -2.10. The molecule has 0 bridgehead atoms. The van der Waals surface area contributed by atoms with E-state index in [0.29, 0.717) is 19.8 Å². The second kappa shape index (κ2) is 9.91. The standard InChI is InChI=1S/C21H26O3/c1-4-18(15-23-3)21(19-8-6-5-7-9-19)16-24-20-12-10-17(11-13-20)14-22-2/h5-13H,4,14-16H2,1-3H3. The quantitative estimate of drug-likeness (QED) is 0.667. The highest BCUT2D eigenvalue weighted by molar-refractivity contribution is 5.70. The summed E-state index contributed by atoms with van der Waals surface area (Å²) >= 11 is 0. The number of ether oxygens (including phenoxy) is 3. The lowest BCUT2D eigenvalue weighted by atomic mass is 9.99. The van der Waals surface area contributed by atoms with Gasteiger partial charge in [-0.3, -0.25) is 0 Å². The smallest absolute Gasteiger partial charge is 0.119 e. The van der Waals surface area contributed by atoms with Crippen LogP contribution in [0.5, 0.6) is 5.75 Å². The molecule has 0 spiro atoms. The maximum absolute atomic E-state index is 6.03. The lowest BCUT2D eigenvalue weighted by molar-refractivity contribution is 0.185. The van der Waals surface area contributed by atoms with Crippen LogP contribution in [0.4, 0.5) is 0 Å². The zero-order valence-corrected chi connectivity index (χ0v) is 14.7. The van der Waals surface area contributed by atoms with Crippen molar-refractivity contribution in [3.63, 3.8) is 0 Å². The van der Waals surface area contributed by atoms with Crippen LogP contribution in [0, 0.1) is 0 Å². The fourth-order valence-corrected chi connectivity index (χ4v) is 2.61. The molecule has 0 aliphatic carbocycles. The van der Waals surface area contributed by atoms with Gasteiger partial charge in [-0.25, -0.2) is 0 Å². The van der Waals surface area contributed by atoms with E-state index < -0.39 is 0 Å². The highest BCUT2D eigenvalue weighted by Crippen LogP contribution is 2.23. The summed E-state index contributed by atoms with van der Waals surface area (Å²) in [4.78, 5) is 0. The predicted molar refractivity (Wildman–Crippen MR) is 98.2 cm³/mol. The summed E-state index contributed by atoms with van der Waals surface area (Å²) in [5.41, 5.74) is 4.78. The van der Waals surface area contributed by atoms with Crippen LogP contribution in [0.1, 0.15) is 24.5 Å². The number of methoxy groups -OCH3 is 2. The van der Waals surface area contributed by atoms with Crippen molar-refractivity contribution in [2.75, 3.05) is 27.4 Å². The van der Waals surface area contributed by atoms with Crippen molar-refractivity contribution < 1.29 is 14.2 Å². The average molecular weight is 326 g/mol. The Morgan fingerprint density at radius 2 is 1.54 bits per heavy atom. The number of hydrogen-bond donors (Lipinski definition) is 0. The lowest BCUT2D eigenvalue weighted by Crippen LogP contribution is -2.07. The van der Waals surface area contributed by atoms with Crippen LogP contribution in [0.3, 0.4) is 0 Å². The van der Waals surface area contributed by atoms with Gasteiger partial charge in [0, 0.05) is 14.2 Å². The minimum absolute atomic E-state index is 0.528. The van der Waals surface area contributed by atoms with Gasteiger partial charge in [-0.2, -0.15) is 0 Å². The van der Waals surface area contributed by atoms with E-state index in [0.717, 1.165) is 17.7 Å². The van der Waals surface area contributed by atoms with Gasteiger partial charge in [0.25, 0.3) is 0 Å². The average Bonchev–Trinajstić information content (AvgIpc) is 2.63. The Balaban J connectivity index is 2.16. The van der Waals surface area contributed by atoms with Crippen LogP contribution in [0.25, 0.3) is 5.57 Å². The Morgan fingerprint density at radius 1 is 0.833 bits per heavy atom. The molecule has 0 aromatic heterocycles. The van der Waals surface area contributed by atoms with Gasteiger partial charge in [0.2, 0.25) is 0 Å². The van der Waals surface area contributed by atoms with Crippen molar-refractivity contribution in [2.45, 2.75) is 20.0 Å². The van der Waals surface area contributed by atoms with Gasteiger partial charge < -0.3 is 14.2 Å². The highest BCUT2D eigenvalue weighted by atomic mass is 16.5. The first-order valence-electron chi connectivity index (χ1n) is 8.24. The molecular weight excluding hydrogens is 300 g/mol. The van der Waals surface area contributed by atoms with Gasteiger partial charge in [0.05, 0.1) is 13.2 Å². The molecule has 3 nitrogen and oxygen atoms in total. The summed E-state index contributed by atoms with van der Waals surface area (Å²) in [6.07, 6.45) is 0.939. The fraction of sp³-hybridized carbons (Fsp3) is 0.333. The first-order valence-corrected chi connectivity index (χ1v) is 8.24. The molecule has 0 N–H and O–H groups in total. The molecule has 0 amide bonds. The van der Waals surface area contributed by atoms with Gasteiger partial charge in [-0.1, -0.05) is 49.4 Å². The Labute approximate surface area is 144 Å². The maximum atomic E-state index is 6.03. The molecule has 0 aliphatic rings. The molecule has 0 aliphatic heterocycles. The van der Waals surface area contributed by atoms with Crippen molar-refractivity contribution in [2.24, 2.45) is 0 Å². The molecule has 128 valence electrons. The molecule has 0 atom stereocenters. The Kier molecular flexibility index (Phi) is 7.53. The summed E-state index contributed by atoms with van der Waals surface area (Å²) in [6.45, 7) is 3.91. The van der Waals surface area contributed by atoms with E-state index in [1.807, 2.05) is 30.3 Å². The van der Waals surface area contributed by atoms with E-state index in [1.165, 1.54) is 16.7 Å². The molecule has 2 rings (SSSR count). The summed E-state index contributed by atoms with van der Waals surface area (Å²) in [5, 5.41) is 0. The molecular formula is C21H26O3. The van der Waals surface area contributed by atoms with E-state index in [-0.39, 0.29) is 0 Å². The van der Waals surface area contributed by atoms with Gasteiger partial charge in [0.1, 0.15) is 12.4 Å². The van der Waals surface area contributed by atoms with Crippen LogP contribution >= 0.6 is 0 Å². The Morgan fingerprint density at radius 3 is 2.12 bits per heavy atom. The van der Waals surface area contributed by atoms with E-state index >= 15 is 0 Å². The molecule has 24 heavy (non-hydrogen) atoms. The van der Waals surface area contributed by atoms with Crippen molar-refractivity contribution >= 4 is 5.57 Å². The number of rotatable bonds is 9. The zero-order valence-electron chi connectivity index (χ0n) is 14.7. The molecule has 0 saturated carbocycles. The number of hydrogen-bond acceptors (Lipinski definition) is 3. The van der Waals surface area contributed by atoms with Crippen molar-refractivity contribution in [1.82, 2.24) is 0 Å². The molecule has 0 heterocycles. The highest BCUT2D eigenvalue weighted by Gasteiger charge is 2.09. The topological polar surface area (TPSA) is 27.7 Å². The van der Waals surface area contributed by atoms with E-state index in [2.05, 4.69) is 31.2 Å². The van der Waals surface area contributed by atoms with Crippen molar-refractivity contribution in [3.05, 3.63) is 71.3 Å². The minimum atomic E-state index is 0.528. The normalized spacial score (nSPS) is 12.0. The van der Waals surface area contributed by atoms with Gasteiger partial charge >= 0.3 is 0 Å². The molecule has 0 fully saturated rings. The first-order chi connectivity index (χ1) is 11.8. The van der Waals surface area contributed by atoms with Crippen LogP contribution in [-0.2, 0) is 16.1 Å². The molecule has 3 heteroatoms. The molecule has 0 unspecified atom stereocenters. The lowest BCUT2D eigenvalue weighted by Gasteiger charge is -2.16. The first kappa shape index (κ1) is 18.2. The summed E-state index contributed by atoms with van der Waals surface area (Å²) in [7, 11) is 3.43. The van der Waals surface area contributed by atoms with E-state index in [9.17, 15) is 0 Å². The van der Waals surface area contributed by atoms with Gasteiger partial charge in [-0.05, 0) is 40.8 Å². The van der Waals surface area contributed by atoms with Crippen molar-refractivity contribution in [1.29, 1.82) is 0 Å². The summed E-state index contributed by atoms with van der Waals surface area (Å²) < 4.78 is 16.5. The predicted octanol–water partition coefficient (Wildman–Crippen LogP) is 4.72. The second-order valence-corrected chi connectivity index (χ2v) is 5.60. The van der Waals surface area contributed by atoms with Gasteiger partial charge in [-0.15, -0.1) is 0 Å². The SMILES string of the molecule is CCC(COC)=C(COc1ccc(COC)cc1)c1ccccc1. The number of benzene rings is 2. The van der Waals surface area contributed by atoms with Crippen LogP contribution in [0.2, 0.25) is 0 Å². The largest absolute Gasteiger partial charge is 0.489 e. The third kappa shape index (κ3) is 5.22. The van der Waals surface area contributed by atoms with E-state index in [1.54, 1.807) is 14.2 Å². The minimum Gasteiger partial charge on any atom is -0.489 e. The monoisotopic (exact) mass is 326 g/mol. The van der Waals surface area contributed by atoms with Crippen LogP contribution < -0.4 is 4.74 Å². The zero-order chi connectivity index (χ0) is 17.2. The summed E-state index contributed by atoms with van der Waals surface area (Å²) in [6, 6.07) is 18.4. The second-order valence-electron chi connectivity index (χ2n) is 5.60. The molecule has 2 aromatic carbocycles. The third-order valence-electron chi connectivity index (χ3n) is 3.91.